The van der Waals surface area contributed by atoms with Crippen LogP contribution in [0.25, 0.3) is 0 Å². The molecular weight excluding hydrogens is 358 g/mol. The highest BCUT2D eigenvalue weighted by Gasteiger charge is 2.43. The highest BCUT2D eigenvalue weighted by molar-refractivity contribution is 8.00. The minimum atomic E-state index is -0.571. The maximum absolute atomic E-state index is 2.73. The molecule has 2 rings (SSSR count). The van der Waals surface area contributed by atoms with Crippen LogP contribution in [0.3, 0.4) is 0 Å². The lowest BCUT2D eigenvalue weighted by molar-refractivity contribution is 0.233. The van der Waals surface area contributed by atoms with Crippen molar-refractivity contribution in [3.63, 3.8) is 0 Å². The number of rotatable bonds is 9. The van der Waals surface area contributed by atoms with Gasteiger partial charge < -0.3 is 9.62 Å². The summed E-state index contributed by atoms with van der Waals surface area (Å²) in [6.07, 6.45) is 0. The molecular formula is C24H38BN2P. The van der Waals surface area contributed by atoms with Crippen LogP contribution < -0.4 is 10.6 Å². The molecule has 0 aliphatic heterocycles. The van der Waals surface area contributed by atoms with Crippen LogP contribution in [-0.4, -0.2) is 40.5 Å². The Kier molecular flexibility index (Phi) is 8.74. The summed E-state index contributed by atoms with van der Waals surface area (Å²) >= 11 is 0. The van der Waals surface area contributed by atoms with Gasteiger partial charge in [-0.15, -0.1) is 0 Å². The molecule has 0 bridgehead atoms. The maximum Gasteiger partial charge on any atom is 0.350 e. The van der Waals surface area contributed by atoms with Crippen molar-refractivity contribution in [1.82, 2.24) is 9.62 Å². The van der Waals surface area contributed by atoms with E-state index in [-0.39, 0.29) is 0 Å². The monoisotopic (exact) mass is 396 g/mol. The Labute approximate surface area is 175 Å². The Morgan fingerprint density at radius 3 is 1.07 bits per heavy atom. The summed E-state index contributed by atoms with van der Waals surface area (Å²) in [7, 11) is -0.571. The molecule has 152 valence electrons. The molecule has 0 aromatic heterocycles. The zero-order valence-electron chi connectivity index (χ0n) is 19.0. The molecule has 28 heavy (non-hydrogen) atoms. The van der Waals surface area contributed by atoms with Crippen LogP contribution in [0.15, 0.2) is 60.7 Å². The topological polar surface area (TPSA) is 6.48 Å². The quantitative estimate of drug-likeness (QED) is 0.417. The maximum atomic E-state index is 2.73. The van der Waals surface area contributed by atoms with Crippen LogP contribution >= 0.6 is 7.80 Å². The Hall–Kier alpha value is -1.15. The van der Waals surface area contributed by atoms with Crippen molar-refractivity contribution < 1.29 is 0 Å². The second kappa shape index (κ2) is 10.6. The van der Waals surface area contributed by atoms with Crippen LogP contribution in [0, 0.1) is 0 Å². The first-order chi connectivity index (χ1) is 13.3. The van der Waals surface area contributed by atoms with E-state index >= 15 is 0 Å². The van der Waals surface area contributed by atoms with Crippen LogP contribution in [-0.2, 0) is 0 Å². The minimum Gasteiger partial charge on any atom is -0.319 e. The predicted molar refractivity (Wildman–Crippen MR) is 129 cm³/mol. The zero-order valence-corrected chi connectivity index (χ0v) is 19.9. The largest absolute Gasteiger partial charge is 0.350 e. The molecule has 0 aliphatic carbocycles. The summed E-state index contributed by atoms with van der Waals surface area (Å²) in [5, 5.41) is 2.90. The number of hydrogen-bond acceptors (Lipinski definition) is 2. The summed E-state index contributed by atoms with van der Waals surface area (Å²) in [6.45, 7) is 19.1. The molecule has 0 heterocycles. The summed E-state index contributed by atoms with van der Waals surface area (Å²) in [4.78, 5) is 5.46. The van der Waals surface area contributed by atoms with Gasteiger partial charge in [0.15, 0.2) is 0 Å². The van der Waals surface area contributed by atoms with Gasteiger partial charge in [0, 0.05) is 0 Å². The van der Waals surface area contributed by atoms with E-state index in [9.17, 15) is 0 Å². The second-order valence-electron chi connectivity index (χ2n) is 8.66. The van der Waals surface area contributed by atoms with E-state index in [4.69, 9.17) is 0 Å². The van der Waals surface area contributed by atoms with E-state index in [0.717, 1.165) is 0 Å². The average molecular weight is 396 g/mol. The minimum absolute atomic E-state index is 0.347. The van der Waals surface area contributed by atoms with Crippen LogP contribution in [0.4, 0.5) is 0 Å². The third-order valence-corrected chi connectivity index (χ3v) is 7.92. The zero-order chi connectivity index (χ0) is 20.8. The third-order valence-electron chi connectivity index (χ3n) is 5.22. The van der Waals surface area contributed by atoms with Gasteiger partial charge in [0.2, 0.25) is 0 Å². The van der Waals surface area contributed by atoms with Crippen molar-refractivity contribution in [3.05, 3.63) is 60.7 Å². The third kappa shape index (κ3) is 5.47. The lowest BCUT2D eigenvalue weighted by Gasteiger charge is -2.48. The SMILES string of the molecule is CC(C)N(B(N(C(C)C)C(C)C)P(c1ccccc1)c1ccccc1)C(C)C. The highest BCUT2D eigenvalue weighted by Crippen LogP contribution is 2.42. The summed E-state index contributed by atoms with van der Waals surface area (Å²) in [6, 6.07) is 24.2. The Bertz CT molecular complexity index is 613. The Balaban J connectivity index is 2.74. The number of benzene rings is 2. The van der Waals surface area contributed by atoms with Gasteiger partial charge in [-0.1, -0.05) is 116 Å². The van der Waals surface area contributed by atoms with Crippen molar-refractivity contribution in [2.24, 2.45) is 0 Å². The molecule has 0 radical (unpaired) electrons. The van der Waals surface area contributed by atoms with E-state index < -0.39 is 7.80 Å². The van der Waals surface area contributed by atoms with Crippen LogP contribution in [0.2, 0.25) is 0 Å². The molecule has 0 saturated carbocycles. The fraction of sp³-hybridized carbons (Fsp3) is 0.500. The van der Waals surface area contributed by atoms with Gasteiger partial charge in [-0.05, 0) is 42.6 Å². The normalized spacial score (nSPS) is 12.4. The van der Waals surface area contributed by atoms with Crippen molar-refractivity contribution in [2.75, 3.05) is 0 Å². The second-order valence-corrected chi connectivity index (χ2v) is 10.9. The average Bonchev–Trinajstić information content (AvgIpc) is 2.62. The molecule has 4 heteroatoms. The van der Waals surface area contributed by atoms with Gasteiger partial charge in [0.25, 0.3) is 0 Å². The van der Waals surface area contributed by atoms with E-state index in [1.165, 1.54) is 10.6 Å². The highest BCUT2D eigenvalue weighted by atomic mass is 31.1. The number of hydrogen-bond donors (Lipinski definition) is 0. The molecule has 0 aliphatic rings. The molecule has 2 nitrogen and oxygen atoms in total. The Morgan fingerprint density at radius 2 is 0.821 bits per heavy atom. The van der Waals surface area contributed by atoms with E-state index in [0.29, 0.717) is 30.9 Å². The van der Waals surface area contributed by atoms with Crippen LogP contribution in [0.1, 0.15) is 55.4 Å². The van der Waals surface area contributed by atoms with Gasteiger partial charge >= 0.3 is 6.70 Å². The lowest BCUT2D eigenvalue weighted by Crippen LogP contribution is -2.62. The first kappa shape index (κ1) is 23.1. The van der Waals surface area contributed by atoms with Gasteiger partial charge in [0.1, 0.15) is 0 Å². The lowest BCUT2D eigenvalue weighted by atomic mass is 9.91. The molecule has 2 aromatic rings. The summed E-state index contributed by atoms with van der Waals surface area (Å²) in [5.74, 6) is 0. The van der Waals surface area contributed by atoms with Crippen molar-refractivity contribution in [2.45, 2.75) is 79.6 Å². The molecule has 0 unspecified atom stereocenters. The molecule has 0 N–H and O–H groups in total. The van der Waals surface area contributed by atoms with Gasteiger partial charge in [-0.2, -0.15) is 0 Å². The fourth-order valence-corrected chi connectivity index (χ4v) is 7.69. The van der Waals surface area contributed by atoms with Crippen molar-refractivity contribution >= 4 is 25.1 Å². The van der Waals surface area contributed by atoms with E-state index in [1.807, 2.05) is 0 Å². The van der Waals surface area contributed by atoms with Gasteiger partial charge in [0.05, 0.1) is 0 Å². The molecule has 0 spiro atoms. The first-order valence-electron chi connectivity index (χ1n) is 10.7. The smallest absolute Gasteiger partial charge is 0.319 e. The first-order valence-corrected chi connectivity index (χ1v) is 12.1. The van der Waals surface area contributed by atoms with E-state index in [2.05, 4.69) is 126 Å². The summed E-state index contributed by atoms with van der Waals surface area (Å²) in [5.41, 5.74) is 0. The molecule has 0 amide bonds. The van der Waals surface area contributed by atoms with Crippen LogP contribution in [0.5, 0.6) is 0 Å². The Morgan fingerprint density at radius 1 is 0.536 bits per heavy atom. The van der Waals surface area contributed by atoms with Gasteiger partial charge in [-0.3, -0.25) is 0 Å². The van der Waals surface area contributed by atoms with Crippen molar-refractivity contribution in [1.29, 1.82) is 0 Å². The predicted octanol–water partition coefficient (Wildman–Crippen LogP) is 5.34. The van der Waals surface area contributed by atoms with Gasteiger partial charge in [-0.25, -0.2) is 0 Å². The standard InChI is InChI=1S/C24H38BN2P/c1-19(2)26(20(3)4)25(27(21(5)6)22(7)8)28(23-15-11-9-12-16-23)24-17-13-10-14-18-24/h9-22H,1-8H3. The summed E-state index contributed by atoms with van der Waals surface area (Å²) < 4.78 is 0. The molecule has 0 atom stereocenters. The number of nitrogens with zero attached hydrogens (tertiary/aromatic N) is 2. The molecule has 0 fully saturated rings. The fourth-order valence-electron chi connectivity index (χ4n) is 4.27. The molecule has 2 aromatic carbocycles. The molecule has 0 saturated heterocycles. The van der Waals surface area contributed by atoms with E-state index in [1.54, 1.807) is 0 Å². The van der Waals surface area contributed by atoms with Crippen molar-refractivity contribution in [3.8, 4) is 0 Å².